The molecule has 0 bridgehead atoms. The van der Waals surface area contributed by atoms with Crippen LogP contribution in [0.5, 0.6) is 5.75 Å². The molecule has 0 aliphatic heterocycles. The molecule has 9 heteroatoms. The Balaban J connectivity index is 1.85. The van der Waals surface area contributed by atoms with Gasteiger partial charge in [-0.1, -0.05) is 53.9 Å². The summed E-state index contributed by atoms with van der Waals surface area (Å²) in [6, 6.07) is 6.43. The average molecular weight is 518 g/mol. The van der Waals surface area contributed by atoms with Crippen molar-refractivity contribution in [1.29, 1.82) is 0 Å². The summed E-state index contributed by atoms with van der Waals surface area (Å²) in [5.41, 5.74) is 0.337. The zero-order valence-corrected chi connectivity index (χ0v) is 21.9. The number of aromatic nitrogens is 3. The van der Waals surface area contributed by atoms with E-state index in [4.69, 9.17) is 4.74 Å². The number of nitrogens with zero attached hydrogens (tertiary/aromatic N) is 3. The fraction of sp³-hybridized carbons (Fsp3) is 0.464. The van der Waals surface area contributed by atoms with Crippen LogP contribution < -0.4 is 0 Å². The van der Waals surface area contributed by atoms with Crippen LogP contribution in [0, 0.1) is 5.92 Å². The van der Waals surface area contributed by atoms with E-state index in [0.29, 0.717) is 23.7 Å². The highest BCUT2D eigenvalue weighted by Crippen LogP contribution is 2.37. The minimum atomic E-state index is -4.51. The van der Waals surface area contributed by atoms with Gasteiger partial charge >= 0.3 is 12.1 Å². The molecule has 0 amide bonds. The predicted octanol–water partition coefficient (Wildman–Crippen LogP) is 7.22. The first-order valence-electron chi connectivity index (χ1n) is 12.4. The van der Waals surface area contributed by atoms with Crippen LogP contribution in [0.4, 0.5) is 13.2 Å². The molecule has 0 aliphatic carbocycles. The third kappa shape index (κ3) is 7.57. The summed E-state index contributed by atoms with van der Waals surface area (Å²) in [6.07, 6.45) is 2.44. The fourth-order valence-electron chi connectivity index (χ4n) is 3.88. The first-order chi connectivity index (χ1) is 17.3. The monoisotopic (exact) mass is 517 g/mol. The van der Waals surface area contributed by atoms with Crippen LogP contribution in [0.2, 0.25) is 0 Å². The van der Waals surface area contributed by atoms with Crippen LogP contribution in [-0.2, 0) is 21.1 Å². The van der Waals surface area contributed by atoms with E-state index in [2.05, 4.69) is 24.0 Å². The normalized spacial score (nSPS) is 12.7. The Morgan fingerprint density at radius 1 is 1.05 bits per heavy atom. The van der Waals surface area contributed by atoms with Gasteiger partial charge in [0, 0.05) is 11.6 Å². The number of hydrogen-bond acceptors (Lipinski definition) is 5. The molecule has 3 aromatic rings. The molecule has 1 heterocycles. The van der Waals surface area contributed by atoms with Gasteiger partial charge < -0.3 is 9.84 Å². The average Bonchev–Trinajstić information content (AvgIpc) is 3.22. The molecule has 1 aromatic heterocycles. The molecule has 3 rings (SSSR count). The lowest BCUT2D eigenvalue weighted by atomic mass is 9.85. The maximum atomic E-state index is 13.1. The number of alkyl halides is 3. The molecule has 0 atom stereocenters. The number of halogens is 3. The summed E-state index contributed by atoms with van der Waals surface area (Å²) in [4.78, 5) is 13.3. The van der Waals surface area contributed by atoms with E-state index in [1.807, 2.05) is 20.8 Å². The lowest BCUT2D eigenvalue weighted by Gasteiger charge is -2.22. The van der Waals surface area contributed by atoms with Crippen molar-refractivity contribution < 1.29 is 27.8 Å². The first kappa shape index (κ1) is 28.2. The highest BCUT2D eigenvalue weighted by molar-refractivity contribution is 5.87. The Morgan fingerprint density at radius 3 is 2.41 bits per heavy atom. The number of aromatic hydroxyl groups is 1. The van der Waals surface area contributed by atoms with Crippen LogP contribution in [0.1, 0.15) is 77.0 Å². The van der Waals surface area contributed by atoms with Crippen molar-refractivity contribution in [1.82, 2.24) is 15.0 Å². The van der Waals surface area contributed by atoms with Crippen molar-refractivity contribution in [2.75, 3.05) is 6.61 Å². The summed E-state index contributed by atoms with van der Waals surface area (Å²) in [5, 5.41) is 19.5. The molecule has 2 aromatic carbocycles. The van der Waals surface area contributed by atoms with E-state index in [-0.39, 0.29) is 22.5 Å². The molecule has 0 saturated heterocycles. The Labute approximate surface area is 215 Å². The number of carbonyl (C=O) groups is 1. The lowest BCUT2D eigenvalue weighted by molar-refractivity contribution is -0.138. The van der Waals surface area contributed by atoms with Gasteiger partial charge in [0.15, 0.2) is 0 Å². The number of esters is 1. The van der Waals surface area contributed by atoms with Crippen molar-refractivity contribution in [3.8, 4) is 11.4 Å². The van der Waals surface area contributed by atoms with Gasteiger partial charge in [0.1, 0.15) is 22.5 Å². The Morgan fingerprint density at radius 2 is 1.76 bits per heavy atom. The summed E-state index contributed by atoms with van der Waals surface area (Å²) in [6.45, 7) is 10.4. The quantitative estimate of drug-likeness (QED) is 0.184. The largest absolute Gasteiger partial charge is 0.505 e. The number of hydrogen-bond donors (Lipinski definition) is 1. The molecule has 37 heavy (non-hydrogen) atoms. The van der Waals surface area contributed by atoms with E-state index >= 15 is 0 Å². The number of phenols is 1. The molecule has 0 aliphatic rings. The van der Waals surface area contributed by atoms with Crippen molar-refractivity contribution in [3.05, 3.63) is 53.1 Å². The van der Waals surface area contributed by atoms with Gasteiger partial charge in [0.25, 0.3) is 0 Å². The molecule has 0 spiro atoms. The molecule has 0 saturated carbocycles. The first-order valence-corrected chi connectivity index (χ1v) is 12.4. The Kier molecular flexibility index (Phi) is 8.66. The molecule has 0 radical (unpaired) electrons. The molecule has 0 unspecified atom stereocenters. The molecule has 1 N–H and O–H groups in total. The lowest BCUT2D eigenvalue weighted by Crippen LogP contribution is -2.13. The molecule has 0 fully saturated rings. The Hall–Kier alpha value is -3.36. The Bertz CT molecular complexity index is 1270. The second-order valence-corrected chi connectivity index (χ2v) is 10.6. The minimum Gasteiger partial charge on any atom is -0.505 e. The van der Waals surface area contributed by atoms with Gasteiger partial charge in [0.05, 0.1) is 12.2 Å². The van der Waals surface area contributed by atoms with Gasteiger partial charge in [-0.05, 0) is 59.7 Å². The number of rotatable bonds is 9. The van der Waals surface area contributed by atoms with Crippen LogP contribution in [-0.4, -0.2) is 32.7 Å². The minimum absolute atomic E-state index is 0.0458. The fourth-order valence-corrected chi connectivity index (χ4v) is 3.88. The third-order valence-corrected chi connectivity index (χ3v) is 5.93. The van der Waals surface area contributed by atoms with Gasteiger partial charge in [-0.25, -0.2) is 4.79 Å². The highest BCUT2D eigenvalue weighted by Gasteiger charge is 2.31. The number of benzene rings is 2. The van der Waals surface area contributed by atoms with Crippen LogP contribution >= 0.6 is 0 Å². The van der Waals surface area contributed by atoms with Gasteiger partial charge in [-0.2, -0.15) is 13.2 Å². The standard InChI is InChI=1S/C28H34F3N3O3/c1-18(2)9-7-6-8-14-37-25(35)13-10-19-15-21(27(3,4)5)26(36)24(16-19)34-32-22-12-11-20(28(29,30)31)17-23(22)33-34/h10-13,15-18,36H,6-9,14H2,1-5H3/b13-10+. The van der Waals surface area contributed by atoms with E-state index in [1.54, 1.807) is 18.2 Å². The van der Waals surface area contributed by atoms with Crippen molar-refractivity contribution in [2.45, 2.75) is 71.9 Å². The third-order valence-electron chi connectivity index (χ3n) is 5.93. The van der Waals surface area contributed by atoms with Crippen LogP contribution in [0.15, 0.2) is 36.4 Å². The molecule has 200 valence electrons. The topological polar surface area (TPSA) is 77.2 Å². The molecular formula is C28H34F3N3O3. The smallest absolute Gasteiger partial charge is 0.416 e. The summed E-state index contributed by atoms with van der Waals surface area (Å²) < 4.78 is 44.6. The van der Waals surface area contributed by atoms with E-state index in [0.717, 1.165) is 42.6 Å². The maximum absolute atomic E-state index is 13.1. The molecular weight excluding hydrogens is 483 g/mol. The molecule has 6 nitrogen and oxygen atoms in total. The van der Waals surface area contributed by atoms with Gasteiger partial charge in [-0.3, -0.25) is 0 Å². The summed E-state index contributed by atoms with van der Waals surface area (Å²) in [7, 11) is 0. The van der Waals surface area contributed by atoms with Crippen molar-refractivity contribution >= 4 is 23.1 Å². The second-order valence-electron chi connectivity index (χ2n) is 10.6. The maximum Gasteiger partial charge on any atom is 0.416 e. The summed E-state index contributed by atoms with van der Waals surface area (Å²) >= 11 is 0. The zero-order valence-electron chi connectivity index (χ0n) is 21.9. The van der Waals surface area contributed by atoms with E-state index < -0.39 is 23.1 Å². The van der Waals surface area contributed by atoms with E-state index in [1.165, 1.54) is 12.1 Å². The SMILES string of the molecule is CC(C)CCCCCOC(=O)/C=C/c1cc(-n2nc3ccc(C(F)(F)F)cc3n2)c(O)c(C(C)(C)C)c1. The highest BCUT2D eigenvalue weighted by atomic mass is 19.4. The number of phenolic OH excluding ortho intramolecular Hbond substituents is 1. The number of fused-ring (bicyclic) bond motifs is 1. The van der Waals surface area contributed by atoms with Crippen LogP contribution in [0.25, 0.3) is 22.8 Å². The number of ether oxygens (including phenoxy) is 1. The predicted molar refractivity (Wildman–Crippen MR) is 138 cm³/mol. The van der Waals surface area contributed by atoms with Gasteiger partial charge in [0.2, 0.25) is 0 Å². The van der Waals surface area contributed by atoms with E-state index in [9.17, 15) is 23.1 Å². The van der Waals surface area contributed by atoms with Gasteiger partial charge in [-0.15, -0.1) is 15.0 Å². The second kappa shape index (κ2) is 11.4. The van der Waals surface area contributed by atoms with Crippen molar-refractivity contribution in [2.24, 2.45) is 5.92 Å². The van der Waals surface area contributed by atoms with Crippen LogP contribution in [0.3, 0.4) is 0 Å². The van der Waals surface area contributed by atoms with Crippen molar-refractivity contribution in [3.63, 3.8) is 0 Å². The zero-order chi connectivity index (χ0) is 27.4. The number of carbonyl (C=O) groups excluding carboxylic acids is 1. The number of unbranched alkanes of at least 4 members (excludes halogenated alkanes) is 2. The summed E-state index contributed by atoms with van der Waals surface area (Å²) in [5.74, 6) is 0.0924.